The summed E-state index contributed by atoms with van der Waals surface area (Å²) >= 11 is 0. The molecule has 0 aliphatic carbocycles. The number of esters is 1. The van der Waals surface area contributed by atoms with Gasteiger partial charge in [-0.2, -0.15) is 0 Å². The van der Waals surface area contributed by atoms with E-state index in [1.165, 1.54) is 6.07 Å². The van der Waals surface area contributed by atoms with Crippen LogP contribution >= 0.6 is 0 Å². The van der Waals surface area contributed by atoms with Crippen LogP contribution < -0.4 is 4.74 Å². The van der Waals surface area contributed by atoms with E-state index in [0.29, 0.717) is 46.4 Å². The van der Waals surface area contributed by atoms with Crippen molar-refractivity contribution in [3.05, 3.63) is 89.5 Å². The molecule has 0 radical (unpaired) electrons. The van der Waals surface area contributed by atoms with Crippen LogP contribution in [0, 0.1) is 11.6 Å². The molecule has 3 aromatic rings. The Balaban J connectivity index is 1.80. The Morgan fingerprint density at radius 1 is 0.868 bits per heavy atom. The van der Waals surface area contributed by atoms with E-state index in [2.05, 4.69) is 13.5 Å². The summed E-state index contributed by atoms with van der Waals surface area (Å²) in [7, 11) is 0. The molecule has 0 fully saturated rings. The van der Waals surface area contributed by atoms with Crippen LogP contribution in [0.25, 0.3) is 22.3 Å². The molecule has 0 spiro atoms. The minimum atomic E-state index is -0.493. The molecule has 0 aromatic heterocycles. The smallest absolute Gasteiger partial charge is 0.333 e. The average Bonchev–Trinajstić information content (AvgIpc) is 2.90. The lowest BCUT2D eigenvalue weighted by atomic mass is 9.96. The molecule has 0 saturated heterocycles. The Morgan fingerprint density at radius 2 is 1.55 bits per heavy atom. The minimum absolute atomic E-state index is 0.0315. The molecule has 3 aromatic carbocycles. The van der Waals surface area contributed by atoms with Gasteiger partial charge in [-0.05, 0) is 73.1 Å². The average molecular weight is 523 g/mol. The number of carbonyl (C=O) groups is 1. The van der Waals surface area contributed by atoms with Crippen molar-refractivity contribution in [2.45, 2.75) is 52.4 Å². The number of hydrogen-bond acceptors (Lipinski definition) is 4. The number of hydrogen-bond donors (Lipinski definition) is 1. The molecular formula is C32H36F2O4. The molecule has 0 aliphatic rings. The largest absolute Gasteiger partial charge is 0.490 e. The summed E-state index contributed by atoms with van der Waals surface area (Å²) in [6.07, 6.45) is 5.18. The van der Waals surface area contributed by atoms with E-state index in [4.69, 9.17) is 9.47 Å². The molecule has 0 heterocycles. The van der Waals surface area contributed by atoms with Crippen molar-refractivity contribution in [1.29, 1.82) is 0 Å². The number of unbranched alkanes of at least 4 members (excludes halogenated alkanes) is 2. The highest BCUT2D eigenvalue weighted by Crippen LogP contribution is 2.33. The number of rotatable bonds is 14. The van der Waals surface area contributed by atoms with Crippen molar-refractivity contribution in [2.75, 3.05) is 19.8 Å². The molecule has 0 unspecified atom stereocenters. The first kappa shape index (κ1) is 29.1. The van der Waals surface area contributed by atoms with Gasteiger partial charge < -0.3 is 14.6 Å². The van der Waals surface area contributed by atoms with Crippen molar-refractivity contribution in [1.82, 2.24) is 0 Å². The topological polar surface area (TPSA) is 55.8 Å². The van der Waals surface area contributed by atoms with E-state index in [1.807, 2.05) is 12.1 Å². The van der Waals surface area contributed by atoms with Crippen LogP contribution in [0.15, 0.2) is 66.7 Å². The molecule has 0 bridgehead atoms. The van der Waals surface area contributed by atoms with E-state index in [0.717, 1.165) is 36.8 Å². The number of aryl methyl sites for hydroxylation is 2. The SMILES string of the molecule is C=C(C)C(=O)OCCOc1cc(-c2ccc(-c3ccc(CCCCC)cc3F)cc2F)ccc1CCCO. The summed E-state index contributed by atoms with van der Waals surface area (Å²) < 4.78 is 41.1. The van der Waals surface area contributed by atoms with E-state index in [-0.39, 0.29) is 25.6 Å². The highest BCUT2D eigenvalue weighted by molar-refractivity contribution is 5.86. The van der Waals surface area contributed by atoms with Crippen LogP contribution in [0.2, 0.25) is 0 Å². The number of halogens is 2. The van der Waals surface area contributed by atoms with Gasteiger partial charge in [0.1, 0.15) is 30.6 Å². The van der Waals surface area contributed by atoms with Gasteiger partial charge >= 0.3 is 5.97 Å². The highest BCUT2D eigenvalue weighted by atomic mass is 19.1. The third kappa shape index (κ3) is 7.99. The first-order chi connectivity index (χ1) is 18.3. The first-order valence-corrected chi connectivity index (χ1v) is 13.1. The fourth-order valence-electron chi connectivity index (χ4n) is 4.19. The van der Waals surface area contributed by atoms with Gasteiger partial charge in [-0.15, -0.1) is 0 Å². The van der Waals surface area contributed by atoms with Gasteiger partial charge in [0, 0.05) is 23.3 Å². The molecule has 3 rings (SSSR count). The number of benzene rings is 3. The van der Waals surface area contributed by atoms with E-state index >= 15 is 4.39 Å². The number of aliphatic hydroxyl groups is 1. The van der Waals surface area contributed by atoms with Gasteiger partial charge in [-0.25, -0.2) is 13.6 Å². The molecule has 1 N–H and O–H groups in total. The van der Waals surface area contributed by atoms with Crippen molar-refractivity contribution >= 4 is 5.97 Å². The number of aliphatic hydroxyl groups excluding tert-OH is 1. The molecule has 38 heavy (non-hydrogen) atoms. The lowest BCUT2D eigenvalue weighted by Crippen LogP contribution is -2.13. The normalized spacial score (nSPS) is 10.9. The van der Waals surface area contributed by atoms with Crippen LogP contribution in [-0.4, -0.2) is 30.9 Å². The molecule has 4 nitrogen and oxygen atoms in total. The van der Waals surface area contributed by atoms with Gasteiger partial charge in [-0.3, -0.25) is 0 Å². The summed E-state index contributed by atoms with van der Waals surface area (Å²) in [5.74, 6) is -0.802. The number of carbonyl (C=O) groups excluding carboxylic acids is 1. The van der Waals surface area contributed by atoms with E-state index in [9.17, 15) is 14.3 Å². The second kappa shape index (κ2) is 14.4. The fraction of sp³-hybridized carbons (Fsp3) is 0.344. The van der Waals surface area contributed by atoms with Gasteiger partial charge in [-0.1, -0.05) is 62.7 Å². The van der Waals surface area contributed by atoms with Crippen LogP contribution in [-0.2, 0) is 22.4 Å². The third-order valence-electron chi connectivity index (χ3n) is 6.29. The predicted octanol–water partition coefficient (Wildman–Crippen LogP) is 7.45. The second-order valence-electron chi connectivity index (χ2n) is 9.38. The van der Waals surface area contributed by atoms with Crippen molar-refractivity contribution in [3.8, 4) is 28.0 Å². The monoisotopic (exact) mass is 522 g/mol. The first-order valence-electron chi connectivity index (χ1n) is 13.1. The Kier molecular flexibility index (Phi) is 11.0. The lowest BCUT2D eigenvalue weighted by molar-refractivity contribution is -0.139. The van der Waals surface area contributed by atoms with E-state index in [1.54, 1.807) is 43.3 Å². The summed E-state index contributed by atoms with van der Waals surface area (Å²) in [4.78, 5) is 11.6. The Morgan fingerprint density at radius 3 is 2.21 bits per heavy atom. The van der Waals surface area contributed by atoms with Gasteiger partial charge in [0.25, 0.3) is 0 Å². The molecule has 0 saturated carbocycles. The Labute approximate surface area is 223 Å². The zero-order valence-corrected chi connectivity index (χ0v) is 22.2. The zero-order valence-electron chi connectivity index (χ0n) is 22.2. The fourth-order valence-corrected chi connectivity index (χ4v) is 4.19. The summed E-state index contributed by atoms with van der Waals surface area (Å²) in [6, 6.07) is 15.2. The number of ether oxygens (including phenoxy) is 2. The van der Waals surface area contributed by atoms with Crippen LogP contribution in [0.3, 0.4) is 0 Å². The maximum absolute atomic E-state index is 15.3. The van der Waals surface area contributed by atoms with E-state index < -0.39 is 11.8 Å². The Bertz CT molecular complexity index is 1250. The van der Waals surface area contributed by atoms with Gasteiger partial charge in [0.05, 0.1) is 0 Å². The predicted molar refractivity (Wildman–Crippen MR) is 147 cm³/mol. The minimum Gasteiger partial charge on any atom is -0.490 e. The Hall–Kier alpha value is -3.51. The van der Waals surface area contributed by atoms with Gasteiger partial charge in [0.2, 0.25) is 0 Å². The molecular weight excluding hydrogens is 486 g/mol. The molecule has 202 valence electrons. The zero-order chi connectivity index (χ0) is 27.5. The summed E-state index contributed by atoms with van der Waals surface area (Å²) in [5.41, 5.74) is 3.89. The maximum Gasteiger partial charge on any atom is 0.333 e. The summed E-state index contributed by atoms with van der Waals surface area (Å²) in [5, 5.41) is 9.23. The standard InChI is InChI=1S/C32H36F2O4/c1-4-5-6-8-23-10-14-27(29(33)19-23)25-13-15-28(30(34)20-25)26-12-11-24(9-7-16-35)31(21-26)37-17-18-38-32(36)22(2)3/h10-15,19-21,35H,2,4-9,16-18H2,1,3H3. The van der Waals surface area contributed by atoms with Crippen LogP contribution in [0.5, 0.6) is 5.75 Å². The third-order valence-corrected chi connectivity index (χ3v) is 6.29. The van der Waals surface area contributed by atoms with Gasteiger partial charge in [0.15, 0.2) is 0 Å². The quantitative estimate of drug-likeness (QED) is 0.136. The molecule has 0 amide bonds. The molecule has 0 aliphatic heterocycles. The highest BCUT2D eigenvalue weighted by Gasteiger charge is 2.14. The summed E-state index contributed by atoms with van der Waals surface area (Å²) in [6.45, 7) is 7.43. The lowest BCUT2D eigenvalue weighted by Gasteiger charge is -2.15. The van der Waals surface area contributed by atoms with Crippen molar-refractivity contribution < 1.29 is 28.2 Å². The molecule has 0 atom stereocenters. The molecule has 6 heteroatoms. The maximum atomic E-state index is 15.3. The second-order valence-corrected chi connectivity index (χ2v) is 9.38. The van der Waals surface area contributed by atoms with Crippen molar-refractivity contribution in [2.24, 2.45) is 0 Å². The van der Waals surface area contributed by atoms with Crippen molar-refractivity contribution in [3.63, 3.8) is 0 Å². The van der Waals surface area contributed by atoms with Crippen LogP contribution in [0.4, 0.5) is 8.78 Å². The van der Waals surface area contributed by atoms with Crippen LogP contribution in [0.1, 0.15) is 50.7 Å².